The van der Waals surface area contributed by atoms with Gasteiger partial charge in [0.2, 0.25) is 0 Å². The van der Waals surface area contributed by atoms with Crippen LogP contribution in [0.1, 0.15) is 15.9 Å². The van der Waals surface area contributed by atoms with Crippen molar-refractivity contribution in [3.63, 3.8) is 0 Å². The fourth-order valence-electron chi connectivity index (χ4n) is 2.36. The number of hydrogen-bond acceptors (Lipinski definition) is 5. The summed E-state index contributed by atoms with van der Waals surface area (Å²) in [6, 6.07) is 11.4. The van der Waals surface area contributed by atoms with Gasteiger partial charge in [-0.1, -0.05) is 17.3 Å². The van der Waals surface area contributed by atoms with Gasteiger partial charge in [-0.25, -0.2) is 4.39 Å². The monoisotopic (exact) mass is 355 g/mol. The molecule has 3 rings (SSSR count). The number of carbonyl (C=O) groups excluding carboxylic acids is 1. The molecule has 1 aromatic heterocycles. The molecule has 0 aliphatic heterocycles. The van der Waals surface area contributed by atoms with Crippen LogP contribution in [0, 0.1) is 5.82 Å². The lowest BCUT2D eigenvalue weighted by Crippen LogP contribution is -2.14. The summed E-state index contributed by atoms with van der Waals surface area (Å²) in [5, 5.41) is 9.94. The van der Waals surface area contributed by atoms with Crippen molar-refractivity contribution in [3.05, 3.63) is 65.6 Å². The Hall–Kier alpha value is -3.26. The number of anilines is 1. The smallest absolute Gasteiger partial charge is 0.260 e. The number of halogens is 1. The number of rotatable bonds is 6. The maximum absolute atomic E-state index is 14.0. The third kappa shape index (κ3) is 4.22. The quantitative estimate of drug-likeness (QED) is 0.708. The van der Waals surface area contributed by atoms with E-state index in [1.165, 1.54) is 29.1 Å². The van der Waals surface area contributed by atoms with E-state index in [2.05, 4.69) is 15.6 Å². The van der Waals surface area contributed by atoms with Crippen LogP contribution in [0.2, 0.25) is 0 Å². The third-order valence-corrected chi connectivity index (χ3v) is 3.62. The number of nitrogens with zero attached hydrogens (tertiary/aromatic N) is 3. The van der Waals surface area contributed by atoms with Gasteiger partial charge < -0.3 is 15.8 Å². The van der Waals surface area contributed by atoms with E-state index >= 15 is 0 Å². The van der Waals surface area contributed by atoms with Gasteiger partial charge >= 0.3 is 0 Å². The number of amides is 1. The molecule has 134 valence electrons. The Morgan fingerprint density at radius 2 is 1.96 bits per heavy atom. The van der Waals surface area contributed by atoms with Crippen LogP contribution < -0.4 is 15.8 Å². The zero-order valence-electron chi connectivity index (χ0n) is 14.1. The van der Waals surface area contributed by atoms with Gasteiger partial charge in [0.05, 0.1) is 11.8 Å². The van der Waals surface area contributed by atoms with E-state index in [1.54, 1.807) is 19.2 Å². The molecule has 3 N–H and O–H groups in total. The Labute approximate surface area is 149 Å². The predicted molar refractivity (Wildman–Crippen MR) is 94.6 cm³/mol. The number of benzene rings is 2. The van der Waals surface area contributed by atoms with Crippen molar-refractivity contribution in [2.75, 3.05) is 11.9 Å². The van der Waals surface area contributed by atoms with Gasteiger partial charge in [0.1, 0.15) is 17.3 Å². The Kier molecular flexibility index (Phi) is 5.23. The Morgan fingerprint density at radius 1 is 1.23 bits per heavy atom. The summed E-state index contributed by atoms with van der Waals surface area (Å²) in [6.07, 6.45) is 2.29. The van der Waals surface area contributed by atoms with Gasteiger partial charge in [0.15, 0.2) is 5.82 Å². The summed E-state index contributed by atoms with van der Waals surface area (Å²) >= 11 is 0. The molecule has 0 aliphatic rings. The molecule has 0 atom stereocenters. The van der Waals surface area contributed by atoms with Crippen molar-refractivity contribution < 1.29 is 13.9 Å². The van der Waals surface area contributed by atoms with Crippen LogP contribution in [0.3, 0.4) is 0 Å². The molecular weight excluding hydrogens is 337 g/mol. The zero-order valence-corrected chi connectivity index (χ0v) is 14.1. The first-order valence-electron chi connectivity index (χ1n) is 7.99. The van der Waals surface area contributed by atoms with E-state index in [1.807, 2.05) is 12.1 Å². The van der Waals surface area contributed by atoms with E-state index < -0.39 is 11.7 Å². The molecule has 8 heteroatoms. The van der Waals surface area contributed by atoms with Crippen LogP contribution >= 0.6 is 0 Å². The molecular formula is C18H18FN5O2. The second-order valence-corrected chi connectivity index (χ2v) is 5.66. The van der Waals surface area contributed by atoms with Gasteiger partial charge in [-0.2, -0.15) is 0 Å². The van der Waals surface area contributed by atoms with E-state index in [4.69, 9.17) is 10.5 Å². The first-order chi connectivity index (χ1) is 12.5. The largest absolute Gasteiger partial charge is 0.457 e. The van der Waals surface area contributed by atoms with Crippen LogP contribution in [0.15, 0.2) is 48.7 Å². The standard InChI is InChI=1S/C18H18FN5O2/c1-24-11-17(22-23-24)21-18(25)15-10-14(6-7-16(15)19)26-13-4-2-12(3-5-13)8-9-20/h2-7,10-11H,8-9,20H2,1H3,(H,21,25). The number of nitrogens with two attached hydrogens (primary N) is 1. The van der Waals surface area contributed by atoms with E-state index in [0.29, 0.717) is 18.0 Å². The summed E-state index contributed by atoms with van der Waals surface area (Å²) in [7, 11) is 1.66. The van der Waals surface area contributed by atoms with Crippen molar-refractivity contribution in [1.82, 2.24) is 15.0 Å². The first-order valence-corrected chi connectivity index (χ1v) is 7.99. The van der Waals surface area contributed by atoms with Crippen molar-refractivity contribution in [2.24, 2.45) is 12.8 Å². The second-order valence-electron chi connectivity index (χ2n) is 5.66. The normalized spacial score (nSPS) is 10.6. The highest BCUT2D eigenvalue weighted by Crippen LogP contribution is 2.24. The molecule has 0 aliphatic carbocycles. The Morgan fingerprint density at radius 3 is 2.62 bits per heavy atom. The lowest BCUT2D eigenvalue weighted by Gasteiger charge is -2.09. The maximum atomic E-state index is 14.0. The lowest BCUT2D eigenvalue weighted by atomic mass is 10.1. The molecule has 3 aromatic rings. The Balaban J connectivity index is 1.75. The van der Waals surface area contributed by atoms with Crippen LogP contribution in [-0.2, 0) is 13.5 Å². The number of nitrogens with one attached hydrogen (secondary N) is 1. The molecule has 0 saturated carbocycles. The highest BCUT2D eigenvalue weighted by molar-refractivity contribution is 6.04. The van der Waals surface area contributed by atoms with Crippen molar-refractivity contribution in [1.29, 1.82) is 0 Å². The van der Waals surface area contributed by atoms with E-state index in [9.17, 15) is 9.18 Å². The SMILES string of the molecule is Cn1cc(NC(=O)c2cc(Oc3ccc(CCN)cc3)ccc2F)nn1. The molecule has 0 bridgehead atoms. The fourth-order valence-corrected chi connectivity index (χ4v) is 2.36. The summed E-state index contributed by atoms with van der Waals surface area (Å²) in [6.45, 7) is 0.572. The van der Waals surface area contributed by atoms with E-state index in [-0.39, 0.29) is 11.4 Å². The molecule has 0 radical (unpaired) electrons. The summed E-state index contributed by atoms with van der Waals surface area (Å²) in [5.74, 6) is -0.123. The summed E-state index contributed by atoms with van der Waals surface area (Å²) in [4.78, 5) is 12.3. The van der Waals surface area contributed by atoms with Gasteiger partial charge in [-0.15, -0.1) is 5.10 Å². The molecule has 0 fully saturated rings. The molecule has 1 amide bonds. The molecule has 1 heterocycles. The first kappa shape index (κ1) is 17.6. The predicted octanol–water partition coefficient (Wildman–Crippen LogP) is 2.50. The molecule has 0 unspecified atom stereocenters. The van der Waals surface area contributed by atoms with Crippen LogP contribution in [-0.4, -0.2) is 27.4 Å². The minimum absolute atomic E-state index is 0.145. The van der Waals surface area contributed by atoms with Gasteiger partial charge in [0, 0.05) is 7.05 Å². The van der Waals surface area contributed by atoms with Gasteiger partial charge in [-0.3, -0.25) is 9.48 Å². The minimum Gasteiger partial charge on any atom is -0.457 e. The number of ether oxygens (including phenoxy) is 1. The maximum Gasteiger partial charge on any atom is 0.260 e. The van der Waals surface area contributed by atoms with E-state index in [0.717, 1.165) is 12.0 Å². The average Bonchev–Trinajstić information content (AvgIpc) is 3.03. The molecule has 2 aromatic carbocycles. The lowest BCUT2D eigenvalue weighted by molar-refractivity contribution is 0.102. The molecule has 26 heavy (non-hydrogen) atoms. The zero-order chi connectivity index (χ0) is 18.5. The van der Waals surface area contributed by atoms with Crippen LogP contribution in [0.25, 0.3) is 0 Å². The number of aromatic nitrogens is 3. The van der Waals surface area contributed by atoms with Crippen molar-refractivity contribution in [3.8, 4) is 11.5 Å². The topological polar surface area (TPSA) is 95.1 Å². The highest BCUT2D eigenvalue weighted by atomic mass is 19.1. The summed E-state index contributed by atoms with van der Waals surface area (Å²) in [5.41, 5.74) is 6.48. The number of carbonyl (C=O) groups is 1. The van der Waals surface area contributed by atoms with Crippen LogP contribution in [0.5, 0.6) is 11.5 Å². The number of hydrogen-bond donors (Lipinski definition) is 2. The summed E-state index contributed by atoms with van der Waals surface area (Å²) < 4.78 is 21.2. The third-order valence-electron chi connectivity index (χ3n) is 3.62. The fraction of sp³-hybridized carbons (Fsp3) is 0.167. The second kappa shape index (κ2) is 7.75. The van der Waals surface area contributed by atoms with Crippen LogP contribution in [0.4, 0.5) is 10.2 Å². The van der Waals surface area contributed by atoms with Crippen molar-refractivity contribution in [2.45, 2.75) is 6.42 Å². The highest BCUT2D eigenvalue weighted by Gasteiger charge is 2.15. The van der Waals surface area contributed by atoms with Crippen molar-refractivity contribution >= 4 is 11.7 Å². The van der Waals surface area contributed by atoms with Gasteiger partial charge in [-0.05, 0) is 48.9 Å². The molecule has 0 saturated heterocycles. The molecule has 0 spiro atoms. The Bertz CT molecular complexity index is 908. The average molecular weight is 355 g/mol. The minimum atomic E-state index is -0.656. The van der Waals surface area contributed by atoms with Gasteiger partial charge in [0.25, 0.3) is 5.91 Å². The molecule has 7 nitrogen and oxygen atoms in total. The number of aryl methyl sites for hydroxylation is 1.